The molecule has 0 aliphatic heterocycles. The van der Waals surface area contributed by atoms with Crippen LogP contribution < -0.4 is 0 Å². The van der Waals surface area contributed by atoms with E-state index in [2.05, 4.69) is 110 Å². The molecule has 4 heteroatoms. The molecule has 38 heavy (non-hydrogen) atoms. The lowest BCUT2D eigenvalue weighted by Gasteiger charge is -2.07. The van der Waals surface area contributed by atoms with Crippen LogP contribution in [0.15, 0.2) is 79.3 Å². The lowest BCUT2D eigenvalue weighted by molar-refractivity contribution is 0.806. The van der Waals surface area contributed by atoms with E-state index >= 15 is 0 Å². The molecular formula is C34H40N4. The maximum atomic E-state index is 4.65. The van der Waals surface area contributed by atoms with Crippen molar-refractivity contribution in [3.63, 3.8) is 0 Å². The van der Waals surface area contributed by atoms with Gasteiger partial charge < -0.3 is 0 Å². The number of aromatic nitrogens is 4. The van der Waals surface area contributed by atoms with Crippen LogP contribution in [0.3, 0.4) is 0 Å². The van der Waals surface area contributed by atoms with Gasteiger partial charge in [-0.15, -0.1) is 0 Å². The molecule has 1 aliphatic rings. The zero-order valence-corrected chi connectivity index (χ0v) is 23.6. The lowest BCUT2D eigenvalue weighted by atomic mass is 10.0. The van der Waals surface area contributed by atoms with Gasteiger partial charge in [0.05, 0.1) is 16.9 Å². The van der Waals surface area contributed by atoms with Crippen molar-refractivity contribution >= 4 is 21.7 Å². The van der Waals surface area contributed by atoms with Gasteiger partial charge in [-0.3, -0.25) is 19.9 Å². The van der Waals surface area contributed by atoms with E-state index in [1.54, 1.807) is 0 Å². The Hall–Kier alpha value is -3.66. The van der Waals surface area contributed by atoms with Crippen LogP contribution in [-0.2, 0) is 12.8 Å². The number of nitrogens with zero attached hydrogens (tertiary/aromatic N) is 4. The summed E-state index contributed by atoms with van der Waals surface area (Å²) in [5.74, 6) is 1.49. The Morgan fingerprint density at radius 1 is 0.579 bits per heavy atom. The Kier molecular flexibility index (Phi) is 9.17. The van der Waals surface area contributed by atoms with Crippen molar-refractivity contribution in [1.82, 2.24) is 19.9 Å². The molecule has 4 aromatic heterocycles. The fourth-order valence-corrected chi connectivity index (χ4v) is 4.81. The van der Waals surface area contributed by atoms with E-state index in [1.807, 2.05) is 30.7 Å². The third kappa shape index (κ3) is 6.61. The average molecular weight is 505 g/mol. The molecule has 0 atom stereocenters. The predicted molar refractivity (Wildman–Crippen MR) is 160 cm³/mol. The summed E-state index contributed by atoms with van der Waals surface area (Å²) in [6.07, 6.45) is 9.27. The Morgan fingerprint density at radius 2 is 1.26 bits per heavy atom. The van der Waals surface area contributed by atoms with Crippen molar-refractivity contribution in [3.8, 4) is 0 Å². The number of hydrogen-bond donors (Lipinski definition) is 0. The van der Waals surface area contributed by atoms with Gasteiger partial charge in [-0.05, 0) is 72.2 Å². The maximum absolute atomic E-state index is 4.65. The summed E-state index contributed by atoms with van der Waals surface area (Å²) in [6.45, 7) is 13.0. The number of fused-ring (bicyclic) bond motifs is 3. The molecule has 0 bridgehead atoms. The van der Waals surface area contributed by atoms with Crippen molar-refractivity contribution in [1.29, 1.82) is 0 Å². The first-order valence-corrected chi connectivity index (χ1v) is 13.9. The van der Waals surface area contributed by atoms with E-state index < -0.39 is 0 Å². The van der Waals surface area contributed by atoms with Gasteiger partial charge in [0, 0.05) is 40.8 Å². The van der Waals surface area contributed by atoms with Gasteiger partial charge in [0.1, 0.15) is 0 Å². The molecule has 4 nitrogen and oxygen atoms in total. The zero-order chi connectivity index (χ0) is 27.1. The Labute approximate surface area is 227 Å². The molecule has 0 fully saturated rings. The highest BCUT2D eigenvalue weighted by molar-refractivity contribution is 5.84. The summed E-state index contributed by atoms with van der Waals surface area (Å²) < 4.78 is 0. The number of aryl methyl sites for hydroxylation is 2. The van der Waals surface area contributed by atoms with E-state index in [-0.39, 0.29) is 0 Å². The second kappa shape index (κ2) is 12.7. The fourth-order valence-electron chi connectivity index (χ4n) is 4.81. The van der Waals surface area contributed by atoms with E-state index in [9.17, 15) is 0 Å². The minimum absolute atomic E-state index is 0.429. The highest BCUT2D eigenvalue weighted by atomic mass is 14.8. The molecule has 5 aromatic rings. The zero-order valence-electron chi connectivity index (χ0n) is 23.6. The molecule has 0 spiro atoms. The molecule has 0 radical (unpaired) electrons. The first-order chi connectivity index (χ1) is 18.3. The number of rotatable bonds is 3. The van der Waals surface area contributed by atoms with E-state index in [4.69, 9.17) is 0 Å². The molecule has 0 unspecified atom stereocenters. The molecule has 0 N–H and O–H groups in total. The van der Waals surface area contributed by atoms with E-state index in [1.165, 1.54) is 58.1 Å². The van der Waals surface area contributed by atoms with Gasteiger partial charge in [0.2, 0.25) is 0 Å². The normalized spacial score (nSPS) is 12.3. The van der Waals surface area contributed by atoms with Crippen molar-refractivity contribution in [2.24, 2.45) is 0 Å². The molecule has 0 saturated carbocycles. The van der Waals surface area contributed by atoms with Gasteiger partial charge in [0.25, 0.3) is 0 Å². The number of pyridine rings is 4. The van der Waals surface area contributed by atoms with E-state index in [0.717, 1.165) is 11.2 Å². The lowest BCUT2D eigenvalue weighted by Crippen LogP contribution is -1.96. The van der Waals surface area contributed by atoms with Crippen molar-refractivity contribution in [2.45, 2.75) is 78.6 Å². The number of hydrogen-bond acceptors (Lipinski definition) is 4. The summed E-state index contributed by atoms with van der Waals surface area (Å²) >= 11 is 0. The second-order valence-electron chi connectivity index (χ2n) is 10.8. The molecule has 0 saturated heterocycles. The summed E-state index contributed by atoms with van der Waals surface area (Å²) in [5.41, 5.74) is 7.37. The standard InChI is InChI=1S/C12H13N.C11H12N2.C11H15N/c1-9(2)12-11-6-4-3-5-10(11)7-8-13-12;1-8(2)10-11-9(5-7-13-10)4-3-6-12-11;1-8(2)10-7-6-9-4-3-5-11(9)12-10/h3-9H,1-2H3;3-8H,1-2H3;6-8H,3-5H2,1-2H3. The fraction of sp³-hybridized carbons (Fsp3) is 0.353. The third-order valence-electron chi connectivity index (χ3n) is 6.89. The SMILES string of the molecule is CC(C)c1ccc2c(n1)CCC2.CC(C)c1nccc2ccccc12.CC(C)c1nccc2cccnc12. The minimum Gasteiger partial charge on any atom is -0.260 e. The van der Waals surface area contributed by atoms with Crippen molar-refractivity contribution in [2.75, 3.05) is 0 Å². The van der Waals surface area contributed by atoms with Crippen LogP contribution in [0.1, 0.15) is 94.1 Å². The molecule has 196 valence electrons. The predicted octanol–water partition coefficient (Wildman–Crippen LogP) is 8.81. The van der Waals surface area contributed by atoms with Crippen molar-refractivity contribution < 1.29 is 0 Å². The maximum Gasteiger partial charge on any atom is 0.0919 e. The Morgan fingerprint density at radius 3 is 2.00 bits per heavy atom. The molecule has 0 amide bonds. The monoisotopic (exact) mass is 504 g/mol. The van der Waals surface area contributed by atoms with Crippen LogP contribution in [-0.4, -0.2) is 19.9 Å². The van der Waals surface area contributed by atoms with Crippen LogP contribution in [0.4, 0.5) is 0 Å². The van der Waals surface area contributed by atoms with Gasteiger partial charge in [0.15, 0.2) is 0 Å². The van der Waals surface area contributed by atoms with E-state index in [0.29, 0.717) is 17.8 Å². The first-order valence-electron chi connectivity index (χ1n) is 13.9. The largest absolute Gasteiger partial charge is 0.260 e. The Balaban J connectivity index is 0.000000133. The van der Waals surface area contributed by atoms with Crippen LogP contribution in [0, 0.1) is 0 Å². The summed E-state index contributed by atoms with van der Waals surface area (Å²) in [5, 5.41) is 3.72. The van der Waals surface area contributed by atoms with Crippen LogP contribution in [0.5, 0.6) is 0 Å². The highest BCUT2D eigenvalue weighted by Gasteiger charge is 2.13. The average Bonchev–Trinajstić information content (AvgIpc) is 3.41. The smallest absolute Gasteiger partial charge is 0.0919 e. The second-order valence-corrected chi connectivity index (χ2v) is 10.8. The minimum atomic E-state index is 0.429. The van der Waals surface area contributed by atoms with Gasteiger partial charge in [-0.25, -0.2) is 0 Å². The highest BCUT2D eigenvalue weighted by Crippen LogP contribution is 2.24. The Bertz CT molecular complexity index is 1390. The summed E-state index contributed by atoms with van der Waals surface area (Å²) in [6, 6.07) is 20.9. The van der Waals surface area contributed by atoms with Gasteiger partial charge >= 0.3 is 0 Å². The van der Waals surface area contributed by atoms with Crippen LogP contribution in [0.2, 0.25) is 0 Å². The van der Waals surface area contributed by atoms with Crippen molar-refractivity contribution in [3.05, 3.63) is 108 Å². The molecule has 1 aliphatic carbocycles. The molecule has 4 heterocycles. The van der Waals surface area contributed by atoms with Gasteiger partial charge in [-0.1, -0.05) is 77.9 Å². The molecule has 6 rings (SSSR count). The number of benzene rings is 1. The molecule has 1 aromatic carbocycles. The quantitative estimate of drug-likeness (QED) is 0.246. The van der Waals surface area contributed by atoms with Crippen LogP contribution >= 0.6 is 0 Å². The first kappa shape index (κ1) is 27.4. The summed E-state index contributed by atoms with van der Waals surface area (Å²) in [7, 11) is 0. The van der Waals surface area contributed by atoms with Crippen LogP contribution in [0.25, 0.3) is 21.7 Å². The third-order valence-corrected chi connectivity index (χ3v) is 6.89. The van der Waals surface area contributed by atoms with Gasteiger partial charge in [-0.2, -0.15) is 0 Å². The molecular weight excluding hydrogens is 464 g/mol. The topological polar surface area (TPSA) is 51.6 Å². The summed E-state index contributed by atoms with van der Waals surface area (Å²) in [4.78, 5) is 17.7.